The molecule has 0 spiro atoms. The molecule has 1 amide bonds. The molecule has 4 heteroatoms. The van der Waals surface area contributed by atoms with Gasteiger partial charge in [-0.3, -0.25) is 4.79 Å². The summed E-state index contributed by atoms with van der Waals surface area (Å²) in [6, 6.07) is 7.75. The number of anilines is 1. The quantitative estimate of drug-likeness (QED) is 0.704. The lowest BCUT2D eigenvalue weighted by molar-refractivity contribution is -0.116. The first-order valence-corrected chi connectivity index (χ1v) is 5.36. The summed E-state index contributed by atoms with van der Waals surface area (Å²) in [5.41, 5.74) is 3.70. The number of aryl methyl sites for hydroxylation is 1. The van der Waals surface area contributed by atoms with Crippen molar-refractivity contribution in [2.45, 2.75) is 6.92 Å². The number of hydrogen-bond acceptors (Lipinski definition) is 3. The third kappa shape index (κ3) is 1.80. The Morgan fingerprint density at radius 3 is 2.71 bits per heavy atom. The molecule has 0 aliphatic carbocycles. The van der Waals surface area contributed by atoms with Gasteiger partial charge in [0.1, 0.15) is 0 Å². The fourth-order valence-electron chi connectivity index (χ4n) is 1.21. The Balaban J connectivity index is 2.29. The van der Waals surface area contributed by atoms with E-state index in [0.29, 0.717) is 5.75 Å². The fourth-order valence-corrected chi connectivity index (χ4v) is 1.71. The number of benzene rings is 1. The summed E-state index contributed by atoms with van der Waals surface area (Å²) >= 11 is 1.42. The van der Waals surface area contributed by atoms with Crippen molar-refractivity contribution in [3.05, 3.63) is 29.8 Å². The van der Waals surface area contributed by atoms with Crippen LogP contribution >= 0.6 is 11.8 Å². The maximum Gasteiger partial charge on any atom is 0.257 e. The molecule has 1 heterocycles. The van der Waals surface area contributed by atoms with Gasteiger partial charge in [-0.2, -0.15) is 10.1 Å². The molecule has 0 N–H and O–H groups in total. The van der Waals surface area contributed by atoms with Gasteiger partial charge < -0.3 is 0 Å². The molecular formula is C10H10N2OS. The van der Waals surface area contributed by atoms with Crippen molar-refractivity contribution in [3.63, 3.8) is 0 Å². The predicted octanol–water partition coefficient (Wildman–Crippen LogP) is 2.02. The van der Waals surface area contributed by atoms with Gasteiger partial charge >= 0.3 is 0 Å². The summed E-state index contributed by atoms with van der Waals surface area (Å²) in [5.74, 6) is 0.499. The Hall–Kier alpha value is -1.29. The number of rotatable bonds is 1. The molecule has 1 aliphatic rings. The van der Waals surface area contributed by atoms with Crippen LogP contribution in [0.2, 0.25) is 0 Å². The highest BCUT2D eigenvalue weighted by atomic mass is 32.2. The summed E-state index contributed by atoms with van der Waals surface area (Å²) in [5, 5.41) is 5.47. The van der Waals surface area contributed by atoms with Crippen LogP contribution in [0.5, 0.6) is 0 Å². The van der Waals surface area contributed by atoms with E-state index < -0.39 is 0 Å². The van der Waals surface area contributed by atoms with Gasteiger partial charge in [0.2, 0.25) is 0 Å². The SMILES string of the molecule is Cc1ccc(N2N=CSCC2=O)cc1. The van der Waals surface area contributed by atoms with Gasteiger partial charge in [0.25, 0.3) is 5.91 Å². The lowest BCUT2D eigenvalue weighted by atomic mass is 10.2. The second-order valence-corrected chi connectivity index (χ2v) is 3.91. The molecule has 0 radical (unpaired) electrons. The van der Waals surface area contributed by atoms with Crippen molar-refractivity contribution in [1.82, 2.24) is 0 Å². The number of hydrazone groups is 1. The van der Waals surface area contributed by atoms with Crippen LogP contribution in [0.15, 0.2) is 29.4 Å². The van der Waals surface area contributed by atoms with Crippen LogP contribution in [0, 0.1) is 6.92 Å². The standard InChI is InChI=1S/C10H10N2OS/c1-8-2-4-9(5-3-8)12-10(13)6-14-7-11-12/h2-5,7H,6H2,1H3. The van der Waals surface area contributed by atoms with Crippen molar-refractivity contribution >= 4 is 28.9 Å². The van der Waals surface area contributed by atoms with Crippen molar-refractivity contribution in [2.75, 3.05) is 10.8 Å². The van der Waals surface area contributed by atoms with Gasteiger partial charge in [0.15, 0.2) is 0 Å². The van der Waals surface area contributed by atoms with Crippen LogP contribution in [0.3, 0.4) is 0 Å². The summed E-state index contributed by atoms with van der Waals surface area (Å²) in [4.78, 5) is 11.5. The molecule has 0 fully saturated rings. The second-order valence-electron chi connectivity index (χ2n) is 3.07. The van der Waals surface area contributed by atoms with Crippen molar-refractivity contribution < 1.29 is 4.79 Å². The molecule has 1 aromatic rings. The molecule has 2 rings (SSSR count). The number of carbonyl (C=O) groups excluding carboxylic acids is 1. The van der Waals surface area contributed by atoms with Gasteiger partial charge in [0, 0.05) is 0 Å². The van der Waals surface area contributed by atoms with E-state index in [1.54, 1.807) is 5.55 Å². The van der Waals surface area contributed by atoms with Gasteiger partial charge in [0.05, 0.1) is 17.0 Å². The Morgan fingerprint density at radius 1 is 1.36 bits per heavy atom. The first-order valence-electron chi connectivity index (χ1n) is 4.31. The minimum absolute atomic E-state index is 0.0290. The minimum Gasteiger partial charge on any atom is -0.272 e. The van der Waals surface area contributed by atoms with E-state index in [4.69, 9.17) is 0 Å². The van der Waals surface area contributed by atoms with Gasteiger partial charge in [-0.25, -0.2) is 0 Å². The molecule has 0 aromatic heterocycles. The van der Waals surface area contributed by atoms with Gasteiger partial charge in [-0.1, -0.05) is 17.7 Å². The minimum atomic E-state index is 0.0290. The molecule has 0 saturated carbocycles. The van der Waals surface area contributed by atoms with E-state index >= 15 is 0 Å². The van der Waals surface area contributed by atoms with E-state index in [1.807, 2.05) is 31.2 Å². The molecule has 0 bridgehead atoms. The number of amides is 1. The summed E-state index contributed by atoms with van der Waals surface area (Å²) in [6.07, 6.45) is 0. The summed E-state index contributed by atoms with van der Waals surface area (Å²) < 4.78 is 0. The van der Waals surface area contributed by atoms with Crippen LogP contribution in [-0.4, -0.2) is 17.2 Å². The maximum atomic E-state index is 11.5. The van der Waals surface area contributed by atoms with Crippen molar-refractivity contribution in [2.24, 2.45) is 5.10 Å². The van der Waals surface area contributed by atoms with E-state index in [2.05, 4.69) is 5.10 Å². The predicted molar refractivity (Wildman–Crippen MR) is 59.6 cm³/mol. The first-order chi connectivity index (χ1) is 6.77. The fraction of sp³-hybridized carbons (Fsp3) is 0.200. The van der Waals surface area contributed by atoms with Gasteiger partial charge in [-0.15, -0.1) is 11.8 Å². The van der Waals surface area contributed by atoms with E-state index in [-0.39, 0.29) is 5.91 Å². The summed E-state index contributed by atoms with van der Waals surface area (Å²) in [6.45, 7) is 2.01. The monoisotopic (exact) mass is 206 g/mol. The smallest absolute Gasteiger partial charge is 0.257 e. The van der Waals surface area contributed by atoms with Crippen LogP contribution in [0.4, 0.5) is 5.69 Å². The maximum absolute atomic E-state index is 11.5. The lowest BCUT2D eigenvalue weighted by Crippen LogP contribution is -2.29. The molecule has 1 aromatic carbocycles. The molecule has 14 heavy (non-hydrogen) atoms. The zero-order valence-corrected chi connectivity index (χ0v) is 8.62. The molecule has 0 unspecified atom stereocenters. The Labute approximate surface area is 86.8 Å². The zero-order chi connectivity index (χ0) is 9.97. The molecule has 1 aliphatic heterocycles. The number of thioether (sulfide) groups is 1. The highest BCUT2D eigenvalue weighted by Crippen LogP contribution is 2.19. The highest BCUT2D eigenvalue weighted by molar-refractivity contribution is 8.12. The molecule has 72 valence electrons. The van der Waals surface area contributed by atoms with Crippen LogP contribution in [0.1, 0.15) is 5.56 Å². The third-order valence-corrected chi connectivity index (χ3v) is 2.62. The van der Waals surface area contributed by atoms with Crippen LogP contribution in [-0.2, 0) is 4.79 Å². The van der Waals surface area contributed by atoms with Crippen LogP contribution < -0.4 is 5.01 Å². The third-order valence-electron chi connectivity index (χ3n) is 1.96. The largest absolute Gasteiger partial charge is 0.272 e. The van der Waals surface area contributed by atoms with Crippen molar-refractivity contribution in [1.29, 1.82) is 0 Å². The van der Waals surface area contributed by atoms with Gasteiger partial charge in [-0.05, 0) is 19.1 Å². The summed E-state index contributed by atoms with van der Waals surface area (Å²) in [7, 11) is 0. The van der Waals surface area contributed by atoms with Crippen molar-refractivity contribution in [3.8, 4) is 0 Å². The van der Waals surface area contributed by atoms with E-state index in [0.717, 1.165) is 5.69 Å². The number of hydrogen-bond donors (Lipinski definition) is 0. The molecule has 3 nitrogen and oxygen atoms in total. The zero-order valence-electron chi connectivity index (χ0n) is 7.80. The molecule has 0 atom stereocenters. The van der Waals surface area contributed by atoms with Crippen LogP contribution in [0.25, 0.3) is 0 Å². The van der Waals surface area contributed by atoms with E-state index in [1.165, 1.54) is 22.3 Å². The topological polar surface area (TPSA) is 32.7 Å². The number of nitrogens with zero attached hydrogens (tertiary/aromatic N) is 2. The average molecular weight is 206 g/mol. The normalized spacial score (nSPS) is 16.1. The average Bonchev–Trinajstić information content (AvgIpc) is 2.20. The Morgan fingerprint density at radius 2 is 2.07 bits per heavy atom. The highest BCUT2D eigenvalue weighted by Gasteiger charge is 2.17. The second kappa shape index (κ2) is 3.84. The number of carbonyl (C=O) groups is 1. The first kappa shape index (κ1) is 9.27. The Bertz CT molecular complexity index is 372. The van der Waals surface area contributed by atoms with E-state index in [9.17, 15) is 4.79 Å². The molecular weight excluding hydrogens is 196 g/mol. The lowest BCUT2D eigenvalue weighted by Gasteiger charge is -2.19. The molecule has 0 saturated heterocycles. The Kier molecular flexibility index (Phi) is 2.54.